The summed E-state index contributed by atoms with van der Waals surface area (Å²) >= 11 is 2.35. The van der Waals surface area contributed by atoms with E-state index in [2.05, 4.69) is 15.6 Å². The molecule has 2 N–H and O–H groups in total. The Kier molecular flexibility index (Phi) is 7.54. The average molecular weight is 458 g/mol. The minimum absolute atomic E-state index is 0.151. The number of aromatic nitrogens is 1. The molecular formula is C22H23N3O4S2. The Morgan fingerprint density at radius 2 is 1.84 bits per heavy atom. The highest BCUT2D eigenvalue weighted by molar-refractivity contribution is 7.18. The van der Waals surface area contributed by atoms with Gasteiger partial charge in [0, 0.05) is 5.56 Å². The summed E-state index contributed by atoms with van der Waals surface area (Å²) in [6, 6.07) is 11.9. The van der Waals surface area contributed by atoms with Crippen molar-refractivity contribution in [1.29, 1.82) is 0 Å². The fourth-order valence-corrected chi connectivity index (χ4v) is 4.35. The van der Waals surface area contributed by atoms with Crippen LogP contribution in [-0.2, 0) is 9.53 Å². The van der Waals surface area contributed by atoms with Gasteiger partial charge in [-0.15, -0.1) is 11.3 Å². The number of carbonyl (C=O) groups is 3. The van der Waals surface area contributed by atoms with Crippen molar-refractivity contribution < 1.29 is 19.1 Å². The topological polar surface area (TPSA) is 97.4 Å². The summed E-state index contributed by atoms with van der Waals surface area (Å²) < 4.78 is 5.15. The molecule has 0 bridgehead atoms. The number of nitrogens with zero attached hydrogens (tertiary/aromatic N) is 1. The van der Waals surface area contributed by atoms with E-state index in [0.29, 0.717) is 15.4 Å². The fourth-order valence-electron chi connectivity index (χ4n) is 2.84. The van der Waals surface area contributed by atoms with Crippen LogP contribution in [0.5, 0.6) is 0 Å². The van der Waals surface area contributed by atoms with Crippen molar-refractivity contribution in [3.63, 3.8) is 0 Å². The van der Waals surface area contributed by atoms with Gasteiger partial charge in [-0.2, -0.15) is 0 Å². The van der Waals surface area contributed by atoms with Crippen LogP contribution >= 0.6 is 22.7 Å². The molecule has 3 rings (SSSR count). The highest BCUT2D eigenvalue weighted by Crippen LogP contribution is 2.32. The Labute approximate surface area is 188 Å². The molecule has 2 heterocycles. The maximum atomic E-state index is 12.9. The first-order valence-corrected chi connectivity index (χ1v) is 11.5. The number of rotatable bonds is 8. The molecule has 31 heavy (non-hydrogen) atoms. The zero-order valence-electron chi connectivity index (χ0n) is 17.4. The molecule has 1 aromatic carbocycles. The van der Waals surface area contributed by atoms with E-state index in [0.717, 1.165) is 16.9 Å². The minimum atomic E-state index is -0.760. The molecule has 3 aromatic rings. The molecule has 0 aliphatic rings. The number of hydrogen-bond acceptors (Lipinski definition) is 7. The van der Waals surface area contributed by atoms with Crippen molar-refractivity contribution in [2.45, 2.75) is 26.8 Å². The molecule has 0 radical (unpaired) electrons. The number of ether oxygens (including phenoxy) is 1. The van der Waals surface area contributed by atoms with E-state index in [-0.39, 0.29) is 23.6 Å². The lowest BCUT2D eigenvalue weighted by molar-refractivity contribution is -0.118. The second-order valence-electron chi connectivity index (χ2n) is 6.94. The van der Waals surface area contributed by atoms with Crippen molar-refractivity contribution in [3.05, 3.63) is 57.6 Å². The molecule has 2 amide bonds. The summed E-state index contributed by atoms with van der Waals surface area (Å²) in [5.74, 6) is -1.35. The monoisotopic (exact) mass is 457 g/mol. The largest absolute Gasteiger partial charge is 0.462 e. The lowest BCUT2D eigenvalue weighted by atomic mass is 10.0. The lowest BCUT2D eigenvalue weighted by Gasteiger charge is -2.20. The number of nitrogens with one attached hydrogen (secondary N) is 2. The van der Waals surface area contributed by atoms with Gasteiger partial charge in [-0.25, -0.2) is 9.78 Å². The van der Waals surface area contributed by atoms with E-state index in [1.165, 1.54) is 11.3 Å². The van der Waals surface area contributed by atoms with E-state index >= 15 is 0 Å². The van der Waals surface area contributed by atoms with Gasteiger partial charge in [0.1, 0.15) is 10.9 Å². The first-order chi connectivity index (χ1) is 14.9. The van der Waals surface area contributed by atoms with Crippen LogP contribution < -0.4 is 10.6 Å². The van der Waals surface area contributed by atoms with Crippen molar-refractivity contribution in [1.82, 2.24) is 10.3 Å². The molecule has 162 valence electrons. The third-order valence-electron chi connectivity index (χ3n) is 4.35. The first-order valence-electron chi connectivity index (χ1n) is 9.79. The zero-order chi connectivity index (χ0) is 22.4. The Hall–Kier alpha value is -3.04. The van der Waals surface area contributed by atoms with Crippen LogP contribution in [0, 0.1) is 5.92 Å². The summed E-state index contributed by atoms with van der Waals surface area (Å²) in [6.07, 6.45) is 0. The summed E-state index contributed by atoms with van der Waals surface area (Å²) in [7, 11) is 0. The van der Waals surface area contributed by atoms with E-state index in [1.54, 1.807) is 24.4 Å². The summed E-state index contributed by atoms with van der Waals surface area (Å²) in [5.41, 5.74) is 1.19. The van der Waals surface area contributed by atoms with Gasteiger partial charge in [-0.05, 0) is 24.3 Å². The SMILES string of the molecule is CCOC(=O)c1sc(NC(=O)C(NC(=O)c2cccs2)C(C)C)nc1-c1ccccc1. The van der Waals surface area contributed by atoms with Gasteiger partial charge in [0.2, 0.25) is 5.91 Å². The predicted octanol–water partition coefficient (Wildman–Crippen LogP) is 4.44. The number of carbonyl (C=O) groups excluding carboxylic acids is 3. The molecule has 1 atom stereocenters. The molecule has 7 nitrogen and oxygen atoms in total. The van der Waals surface area contributed by atoms with Gasteiger partial charge < -0.3 is 15.4 Å². The van der Waals surface area contributed by atoms with Crippen LogP contribution in [0.2, 0.25) is 0 Å². The van der Waals surface area contributed by atoms with Crippen LogP contribution in [-0.4, -0.2) is 35.4 Å². The highest BCUT2D eigenvalue weighted by Gasteiger charge is 2.27. The molecule has 0 spiro atoms. The maximum Gasteiger partial charge on any atom is 0.350 e. The van der Waals surface area contributed by atoms with Gasteiger partial charge in [0.25, 0.3) is 5.91 Å². The second-order valence-corrected chi connectivity index (χ2v) is 8.89. The molecule has 0 aliphatic carbocycles. The molecule has 0 aliphatic heterocycles. The highest BCUT2D eigenvalue weighted by atomic mass is 32.1. The molecule has 9 heteroatoms. The van der Waals surface area contributed by atoms with E-state index in [9.17, 15) is 14.4 Å². The second kappa shape index (κ2) is 10.3. The Morgan fingerprint density at radius 3 is 2.45 bits per heavy atom. The third-order valence-corrected chi connectivity index (χ3v) is 6.17. The van der Waals surface area contributed by atoms with Gasteiger partial charge in [-0.3, -0.25) is 9.59 Å². The average Bonchev–Trinajstić information content (AvgIpc) is 3.43. The van der Waals surface area contributed by atoms with E-state index < -0.39 is 17.9 Å². The number of thiazole rings is 1. The van der Waals surface area contributed by atoms with Gasteiger partial charge in [0.05, 0.1) is 17.2 Å². The Balaban J connectivity index is 1.83. The van der Waals surface area contributed by atoms with Crippen LogP contribution in [0.3, 0.4) is 0 Å². The van der Waals surface area contributed by atoms with Crippen molar-refractivity contribution in [3.8, 4) is 11.3 Å². The van der Waals surface area contributed by atoms with Crippen LogP contribution in [0.15, 0.2) is 47.8 Å². The molecule has 2 aromatic heterocycles. The Morgan fingerprint density at radius 1 is 1.10 bits per heavy atom. The van der Waals surface area contributed by atoms with Crippen molar-refractivity contribution in [2.24, 2.45) is 5.92 Å². The third kappa shape index (κ3) is 5.56. The smallest absolute Gasteiger partial charge is 0.350 e. The number of anilines is 1. The molecule has 1 unspecified atom stereocenters. The first kappa shape index (κ1) is 22.6. The van der Waals surface area contributed by atoms with Crippen LogP contribution in [0.25, 0.3) is 11.3 Å². The molecule has 0 saturated carbocycles. The lowest BCUT2D eigenvalue weighted by Crippen LogP contribution is -2.46. The van der Waals surface area contributed by atoms with Crippen molar-refractivity contribution in [2.75, 3.05) is 11.9 Å². The van der Waals surface area contributed by atoms with Gasteiger partial charge in [0.15, 0.2) is 5.13 Å². The standard InChI is InChI=1S/C22H23N3O4S2/c1-4-29-21(28)18-17(14-9-6-5-7-10-14)24-22(31-18)25-20(27)16(13(2)3)23-19(26)15-11-8-12-30-15/h5-13,16H,4H2,1-3H3,(H,23,26)(H,24,25,27). The molecule has 0 fully saturated rings. The van der Waals surface area contributed by atoms with Crippen molar-refractivity contribution >= 4 is 45.6 Å². The predicted molar refractivity (Wildman–Crippen MR) is 123 cm³/mol. The van der Waals surface area contributed by atoms with E-state index in [1.807, 2.05) is 44.2 Å². The quantitative estimate of drug-likeness (QED) is 0.487. The Bertz CT molecular complexity index is 1050. The zero-order valence-corrected chi connectivity index (χ0v) is 19.0. The number of esters is 1. The number of amides is 2. The van der Waals surface area contributed by atoms with Crippen LogP contribution in [0.4, 0.5) is 5.13 Å². The van der Waals surface area contributed by atoms with E-state index in [4.69, 9.17) is 4.74 Å². The van der Waals surface area contributed by atoms with Gasteiger partial charge in [-0.1, -0.05) is 61.6 Å². The summed E-state index contributed by atoms with van der Waals surface area (Å²) in [4.78, 5) is 43.1. The van der Waals surface area contributed by atoms with Crippen LogP contribution in [0.1, 0.15) is 40.1 Å². The normalized spacial score (nSPS) is 11.7. The number of thiophene rings is 1. The molecular weight excluding hydrogens is 434 g/mol. The maximum absolute atomic E-state index is 12.9. The minimum Gasteiger partial charge on any atom is -0.462 e. The van der Waals surface area contributed by atoms with Gasteiger partial charge >= 0.3 is 5.97 Å². The fraction of sp³-hybridized carbons (Fsp3) is 0.273. The summed E-state index contributed by atoms with van der Waals surface area (Å²) in [6.45, 7) is 5.66. The summed E-state index contributed by atoms with van der Waals surface area (Å²) in [5, 5.41) is 7.60. The molecule has 0 saturated heterocycles. The number of hydrogen-bond donors (Lipinski definition) is 2. The number of benzene rings is 1.